The Bertz CT molecular complexity index is 636. The normalized spacial score (nSPS) is 10.6. The number of benzene rings is 2. The number of carbonyl (C=O) groups is 1. The average molecular weight is 315 g/mol. The van der Waals surface area contributed by atoms with E-state index < -0.39 is 11.6 Å². The maximum absolute atomic E-state index is 13.6. The zero-order chi connectivity index (χ0) is 14.7. The van der Waals surface area contributed by atoms with Gasteiger partial charge in [-0.3, -0.25) is 4.79 Å². The summed E-state index contributed by atoms with van der Waals surface area (Å²) in [7, 11) is 0. The standard InChI is InChI=1S/C15H10Cl2F2O/c16-10-4-5-14(18)9(6-10)7-11(20)8-12-13(17)2-1-3-15(12)19/h1-6H,7-8H2. The molecular weight excluding hydrogens is 305 g/mol. The number of halogens is 4. The molecule has 0 radical (unpaired) electrons. The predicted molar refractivity (Wildman–Crippen MR) is 75.2 cm³/mol. The van der Waals surface area contributed by atoms with Crippen LogP contribution in [0.2, 0.25) is 10.0 Å². The molecule has 0 atom stereocenters. The Labute approximate surface area is 125 Å². The van der Waals surface area contributed by atoms with Gasteiger partial charge in [0.05, 0.1) is 0 Å². The molecule has 0 bridgehead atoms. The van der Waals surface area contributed by atoms with Gasteiger partial charge in [-0.1, -0.05) is 29.3 Å². The van der Waals surface area contributed by atoms with E-state index in [0.717, 1.165) is 0 Å². The number of ketones is 1. The smallest absolute Gasteiger partial charge is 0.141 e. The van der Waals surface area contributed by atoms with Gasteiger partial charge in [-0.05, 0) is 35.9 Å². The summed E-state index contributed by atoms with van der Waals surface area (Å²) < 4.78 is 27.1. The molecule has 0 unspecified atom stereocenters. The van der Waals surface area contributed by atoms with Gasteiger partial charge in [-0.2, -0.15) is 0 Å². The van der Waals surface area contributed by atoms with Gasteiger partial charge in [0.1, 0.15) is 17.4 Å². The van der Waals surface area contributed by atoms with Crippen LogP contribution in [0, 0.1) is 11.6 Å². The molecular formula is C15H10Cl2F2O. The minimum absolute atomic E-state index is 0.126. The summed E-state index contributed by atoms with van der Waals surface area (Å²) >= 11 is 11.6. The van der Waals surface area contributed by atoms with Crippen molar-refractivity contribution in [2.24, 2.45) is 0 Å². The van der Waals surface area contributed by atoms with Gasteiger partial charge < -0.3 is 0 Å². The zero-order valence-corrected chi connectivity index (χ0v) is 11.8. The maximum Gasteiger partial charge on any atom is 0.141 e. The zero-order valence-electron chi connectivity index (χ0n) is 10.3. The molecule has 0 fully saturated rings. The first-order valence-electron chi connectivity index (χ1n) is 5.86. The van der Waals surface area contributed by atoms with Crippen molar-refractivity contribution in [3.8, 4) is 0 Å². The lowest BCUT2D eigenvalue weighted by molar-refractivity contribution is -0.117. The molecule has 104 valence electrons. The van der Waals surface area contributed by atoms with Crippen LogP contribution in [-0.4, -0.2) is 5.78 Å². The second kappa shape index (κ2) is 6.33. The number of Topliss-reactive ketones (excluding diaryl/α,β-unsaturated/α-hetero) is 1. The summed E-state index contributed by atoms with van der Waals surface area (Å²) in [5.41, 5.74) is 0.316. The first-order chi connectivity index (χ1) is 9.47. The highest BCUT2D eigenvalue weighted by Crippen LogP contribution is 2.21. The first-order valence-corrected chi connectivity index (χ1v) is 6.61. The summed E-state index contributed by atoms with van der Waals surface area (Å²) in [6.45, 7) is 0. The van der Waals surface area contributed by atoms with Crippen molar-refractivity contribution in [3.63, 3.8) is 0 Å². The van der Waals surface area contributed by atoms with Gasteiger partial charge in [0.2, 0.25) is 0 Å². The molecule has 2 rings (SSSR count). The Morgan fingerprint density at radius 1 is 1.00 bits per heavy atom. The highest BCUT2D eigenvalue weighted by molar-refractivity contribution is 6.31. The molecule has 0 N–H and O–H groups in total. The molecule has 0 aliphatic heterocycles. The van der Waals surface area contributed by atoms with E-state index in [0.29, 0.717) is 5.02 Å². The highest BCUT2D eigenvalue weighted by Gasteiger charge is 2.14. The third kappa shape index (κ3) is 3.56. The fourth-order valence-corrected chi connectivity index (χ4v) is 2.28. The quantitative estimate of drug-likeness (QED) is 0.804. The monoisotopic (exact) mass is 314 g/mol. The lowest BCUT2D eigenvalue weighted by atomic mass is 10.0. The second-order valence-electron chi connectivity index (χ2n) is 4.33. The van der Waals surface area contributed by atoms with E-state index >= 15 is 0 Å². The van der Waals surface area contributed by atoms with Gasteiger partial charge in [-0.25, -0.2) is 8.78 Å². The van der Waals surface area contributed by atoms with E-state index in [1.807, 2.05) is 0 Å². The summed E-state index contributed by atoms with van der Waals surface area (Å²) in [5.74, 6) is -1.39. The van der Waals surface area contributed by atoms with Crippen LogP contribution < -0.4 is 0 Å². The minimum Gasteiger partial charge on any atom is -0.299 e. The molecule has 0 amide bonds. The van der Waals surface area contributed by atoms with Crippen molar-refractivity contribution in [1.82, 2.24) is 0 Å². The van der Waals surface area contributed by atoms with Crippen molar-refractivity contribution in [2.75, 3.05) is 0 Å². The first kappa shape index (κ1) is 14.9. The molecule has 20 heavy (non-hydrogen) atoms. The Hall–Kier alpha value is -1.45. The fraction of sp³-hybridized carbons (Fsp3) is 0.133. The Morgan fingerprint density at radius 3 is 2.45 bits per heavy atom. The molecule has 2 aromatic carbocycles. The molecule has 0 aromatic heterocycles. The summed E-state index contributed by atoms with van der Waals surface area (Å²) in [5, 5.41) is 0.531. The molecule has 2 aromatic rings. The molecule has 0 heterocycles. The lowest BCUT2D eigenvalue weighted by Crippen LogP contribution is -2.09. The van der Waals surface area contributed by atoms with Crippen LogP contribution in [0.1, 0.15) is 11.1 Å². The lowest BCUT2D eigenvalue weighted by Gasteiger charge is -2.06. The molecule has 0 saturated carbocycles. The van der Waals surface area contributed by atoms with E-state index in [1.165, 1.54) is 36.4 Å². The number of hydrogen-bond donors (Lipinski definition) is 0. The van der Waals surface area contributed by atoms with Gasteiger partial charge in [-0.15, -0.1) is 0 Å². The van der Waals surface area contributed by atoms with Crippen LogP contribution in [0.5, 0.6) is 0 Å². The van der Waals surface area contributed by atoms with Crippen LogP contribution in [-0.2, 0) is 17.6 Å². The number of rotatable bonds is 4. The third-order valence-corrected chi connectivity index (χ3v) is 3.42. The van der Waals surface area contributed by atoms with Crippen molar-refractivity contribution in [2.45, 2.75) is 12.8 Å². The Kier molecular flexibility index (Phi) is 4.73. The molecule has 0 aliphatic rings. The predicted octanol–water partition coefficient (Wildman–Crippen LogP) is 4.63. The molecule has 0 aliphatic carbocycles. The van der Waals surface area contributed by atoms with E-state index in [4.69, 9.17) is 23.2 Å². The van der Waals surface area contributed by atoms with Crippen LogP contribution >= 0.6 is 23.2 Å². The maximum atomic E-state index is 13.6. The van der Waals surface area contributed by atoms with Crippen LogP contribution in [0.25, 0.3) is 0 Å². The van der Waals surface area contributed by atoms with Crippen LogP contribution in [0.4, 0.5) is 8.78 Å². The van der Waals surface area contributed by atoms with Crippen molar-refractivity contribution < 1.29 is 13.6 Å². The molecule has 0 saturated heterocycles. The Balaban J connectivity index is 2.15. The third-order valence-electron chi connectivity index (χ3n) is 2.83. The number of hydrogen-bond acceptors (Lipinski definition) is 1. The topological polar surface area (TPSA) is 17.1 Å². The van der Waals surface area contributed by atoms with Crippen molar-refractivity contribution >= 4 is 29.0 Å². The molecule has 5 heteroatoms. The SMILES string of the molecule is O=C(Cc1cc(Cl)ccc1F)Cc1c(F)cccc1Cl. The van der Waals surface area contributed by atoms with Crippen molar-refractivity contribution in [3.05, 3.63) is 69.2 Å². The van der Waals surface area contributed by atoms with Crippen molar-refractivity contribution in [1.29, 1.82) is 0 Å². The van der Waals surface area contributed by atoms with E-state index in [2.05, 4.69) is 0 Å². The molecule has 0 spiro atoms. The van der Waals surface area contributed by atoms with Gasteiger partial charge in [0.25, 0.3) is 0 Å². The summed E-state index contributed by atoms with van der Waals surface area (Å²) in [4.78, 5) is 11.9. The summed E-state index contributed by atoms with van der Waals surface area (Å²) in [6, 6.07) is 8.18. The second-order valence-corrected chi connectivity index (χ2v) is 5.17. The van der Waals surface area contributed by atoms with E-state index in [1.54, 1.807) is 0 Å². The average Bonchev–Trinajstić information content (AvgIpc) is 2.38. The van der Waals surface area contributed by atoms with Crippen LogP contribution in [0.15, 0.2) is 36.4 Å². The fourth-order valence-electron chi connectivity index (χ4n) is 1.85. The number of carbonyl (C=O) groups excluding carboxylic acids is 1. The van der Waals surface area contributed by atoms with E-state index in [-0.39, 0.29) is 34.8 Å². The van der Waals surface area contributed by atoms with Gasteiger partial charge in [0.15, 0.2) is 0 Å². The van der Waals surface area contributed by atoms with Gasteiger partial charge in [0, 0.05) is 28.5 Å². The van der Waals surface area contributed by atoms with Crippen LogP contribution in [0.3, 0.4) is 0 Å². The summed E-state index contributed by atoms with van der Waals surface area (Å²) in [6.07, 6.45) is -0.339. The molecule has 1 nitrogen and oxygen atoms in total. The van der Waals surface area contributed by atoms with E-state index in [9.17, 15) is 13.6 Å². The Morgan fingerprint density at radius 2 is 1.75 bits per heavy atom. The minimum atomic E-state index is -0.544. The van der Waals surface area contributed by atoms with Gasteiger partial charge >= 0.3 is 0 Å². The highest BCUT2D eigenvalue weighted by atomic mass is 35.5. The largest absolute Gasteiger partial charge is 0.299 e.